The highest BCUT2D eigenvalue weighted by molar-refractivity contribution is 5.31. The molecule has 2 saturated heterocycles. The second kappa shape index (κ2) is 9.60. The first-order chi connectivity index (χ1) is 15.0. The summed E-state index contributed by atoms with van der Waals surface area (Å²) in [6.07, 6.45) is 4.98. The number of rotatable bonds is 8. The van der Waals surface area contributed by atoms with Gasteiger partial charge in [-0.2, -0.15) is 0 Å². The van der Waals surface area contributed by atoms with Gasteiger partial charge in [-0.1, -0.05) is 30.3 Å². The second-order valence-electron chi connectivity index (χ2n) is 9.05. The molecule has 0 amide bonds. The lowest BCUT2D eigenvalue weighted by molar-refractivity contribution is -0.0736. The van der Waals surface area contributed by atoms with Crippen LogP contribution in [0.5, 0.6) is 0 Å². The monoisotopic (exact) mass is 426 g/mol. The Morgan fingerprint density at radius 2 is 1.61 bits per heavy atom. The predicted octanol–water partition coefficient (Wildman–Crippen LogP) is 5.04. The molecule has 2 aliphatic rings. The van der Waals surface area contributed by atoms with Crippen molar-refractivity contribution in [2.75, 3.05) is 27.2 Å². The summed E-state index contributed by atoms with van der Waals surface area (Å²) in [6, 6.07) is 13.8. The van der Waals surface area contributed by atoms with Crippen molar-refractivity contribution in [3.8, 4) is 0 Å². The smallest absolute Gasteiger partial charge is 0.123 e. The van der Waals surface area contributed by atoms with E-state index < -0.39 is 0 Å². The van der Waals surface area contributed by atoms with Gasteiger partial charge in [0.1, 0.15) is 17.7 Å². The van der Waals surface area contributed by atoms with Crippen LogP contribution < -0.4 is 0 Å². The summed E-state index contributed by atoms with van der Waals surface area (Å²) < 4.78 is 33.9. The molecule has 2 heterocycles. The number of nitrogens with zero attached hydrogens (tertiary/aromatic N) is 2. The molecule has 2 bridgehead atoms. The van der Waals surface area contributed by atoms with Gasteiger partial charge in [-0.25, -0.2) is 8.78 Å². The standard InChI is InChI=1S/C26H32F2N2O/c1-4-23-24-14-13-22(30(24)16-15-29(2)3)17-25(23)31-26(18-5-9-20(27)10-6-18)19-7-11-21(28)12-8-19/h4-12,22-26H,1,13-17H2,2-3H3/t22?,23-,24?,25+/m1/s1. The van der Waals surface area contributed by atoms with Crippen molar-refractivity contribution in [2.24, 2.45) is 5.92 Å². The molecule has 0 aliphatic carbocycles. The number of fused-ring (bicyclic) bond motifs is 2. The molecule has 0 saturated carbocycles. The Bertz CT molecular complexity index is 822. The lowest BCUT2D eigenvalue weighted by Gasteiger charge is -2.45. The molecule has 3 nitrogen and oxygen atoms in total. The maximum atomic E-state index is 13.6. The number of hydrogen-bond donors (Lipinski definition) is 0. The van der Waals surface area contributed by atoms with Gasteiger partial charge in [0.2, 0.25) is 0 Å². The van der Waals surface area contributed by atoms with Gasteiger partial charge in [0.05, 0.1) is 6.10 Å². The average molecular weight is 427 g/mol. The van der Waals surface area contributed by atoms with Gasteiger partial charge in [-0.15, -0.1) is 6.58 Å². The van der Waals surface area contributed by atoms with Crippen molar-refractivity contribution in [1.82, 2.24) is 9.80 Å². The lowest BCUT2D eigenvalue weighted by atomic mass is 9.86. The van der Waals surface area contributed by atoms with Crippen molar-refractivity contribution in [3.05, 3.63) is 83.9 Å². The van der Waals surface area contributed by atoms with Crippen molar-refractivity contribution in [2.45, 2.75) is 43.6 Å². The van der Waals surface area contributed by atoms with Gasteiger partial charge in [-0.05, 0) is 68.8 Å². The Kier molecular flexibility index (Phi) is 6.85. The zero-order chi connectivity index (χ0) is 22.0. The highest BCUT2D eigenvalue weighted by atomic mass is 19.1. The molecule has 5 heteroatoms. The minimum Gasteiger partial charge on any atom is -0.365 e. The Balaban J connectivity index is 1.58. The summed E-state index contributed by atoms with van der Waals surface area (Å²) in [7, 11) is 4.22. The van der Waals surface area contributed by atoms with E-state index in [-0.39, 0.29) is 29.8 Å². The molecule has 2 unspecified atom stereocenters. The third kappa shape index (κ3) is 4.89. The summed E-state index contributed by atoms with van der Waals surface area (Å²) in [5.41, 5.74) is 1.75. The molecule has 4 atom stereocenters. The largest absolute Gasteiger partial charge is 0.365 e. The lowest BCUT2D eigenvalue weighted by Crippen LogP contribution is -2.52. The van der Waals surface area contributed by atoms with Crippen molar-refractivity contribution in [1.29, 1.82) is 0 Å². The Labute approximate surface area is 184 Å². The summed E-state index contributed by atoms with van der Waals surface area (Å²) in [5.74, 6) is -0.333. The maximum absolute atomic E-state index is 13.6. The molecule has 0 aromatic heterocycles. The van der Waals surface area contributed by atoms with Crippen LogP contribution in [0.25, 0.3) is 0 Å². The van der Waals surface area contributed by atoms with Crippen LogP contribution in [0.3, 0.4) is 0 Å². The Hall–Kier alpha value is -2.08. The van der Waals surface area contributed by atoms with Crippen LogP contribution >= 0.6 is 0 Å². The number of likely N-dealkylation sites (N-methyl/N-ethyl adjacent to an activating group) is 1. The first-order valence-corrected chi connectivity index (χ1v) is 11.2. The van der Waals surface area contributed by atoms with E-state index >= 15 is 0 Å². The maximum Gasteiger partial charge on any atom is 0.123 e. The van der Waals surface area contributed by atoms with E-state index in [1.807, 2.05) is 6.08 Å². The van der Waals surface area contributed by atoms with E-state index in [0.717, 1.165) is 37.1 Å². The van der Waals surface area contributed by atoms with Crippen molar-refractivity contribution in [3.63, 3.8) is 0 Å². The summed E-state index contributed by atoms with van der Waals surface area (Å²) in [4.78, 5) is 4.86. The molecule has 166 valence electrons. The van der Waals surface area contributed by atoms with Crippen LogP contribution in [0, 0.1) is 17.6 Å². The molecule has 31 heavy (non-hydrogen) atoms. The van der Waals surface area contributed by atoms with E-state index in [1.165, 1.54) is 30.7 Å². The number of piperidine rings is 1. The quantitative estimate of drug-likeness (QED) is 0.550. The van der Waals surface area contributed by atoms with Crippen LogP contribution in [0.4, 0.5) is 8.78 Å². The molecule has 2 fully saturated rings. The normalized spacial score (nSPS) is 26.0. The number of ether oxygens (including phenoxy) is 1. The van der Waals surface area contributed by atoms with Crippen LogP contribution in [-0.4, -0.2) is 55.2 Å². The Morgan fingerprint density at radius 1 is 1.03 bits per heavy atom. The van der Waals surface area contributed by atoms with Crippen molar-refractivity contribution >= 4 is 0 Å². The molecule has 0 spiro atoms. The number of hydrogen-bond acceptors (Lipinski definition) is 3. The fourth-order valence-electron chi connectivity index (χ4n) is 5.22. The highest BCUT2D eigenvalue weighted by Gasteiger charge is 2.47. The fourth-order valence-corrected chi connectivity index (χ4v) is 5.22. The SMILES string of the molecule is C=C[C@@H]1C2CCC(C[C@@H]1OC(c1ccc(F)cc1)c1ccc(F)cc1)N2CCN(C)C. The summed E-state index contributed by atoms with van der Waals surface area (Å²) in [6.45, 7) is 6.23. The van der Waals surface area contributed by atoms with Crippen molar-refractivity contribution < 1.29 is 13.5 Å². The predicted molar refractivity (Wildman–Crippen MR) is 120 cm³/mol. The molecule has 0 radical (unpaired) electrons. The first kappa shape index (κ1) is 22.1. The fraction of sp³-hybridized carbons (Fsp3) is 0.462. The number of benzene rings is 2. The van der Waals surface area contributed by atoms with Gasteiger partial charge in [0.15, 0.2) is 0 Å². The van der Waals surface area contributed by atoms with Crippen LogP contribution in [0.1, 0.15) is 36.5 Å². The van der Waals surface area contributed by atoms with Crippen LogP contribution in [-0.2, 0) is 4.74 Å². The molecular formula is C26H32F2N2O. The molecule has 2 aromatic carbocycles. The zero-order valence-electron chi connectivity index (χ0n) is 18.4. The molecular weight excluding hydrogens is 394 g/mol. The third-order valence-electron chi connectivity index (χ3n) is 6.80. The second-order valence-corrected chi connectivity index (χ2v) is 9.05. The third-order valence-corrected chi connectivity index (χ3v) is 6.80. The van der Waals surface area contributed by atoms with E-state index in [0.29, 0.717) is 12.1 Å². The molecule has 0 N–H and O–H groups in total. The van der Waals surface area contributed by atoms with Gasteiger partial charge < -0.3 is 9.64 Å². The molecule has 2 aromatic rings. The summed E-state index contributed by atoms with van der Waals surface area (Å²) in [5, 5.41) is 0. The van der Waals surface area contributed by atoms with Gasteiger partial charge in [0.25, 0.3) is 0 Å². The van der Waals surface area contributed by atoms with E-state index in [2.05, 4.69) is 30.5 Å². The minimum absolute atomic E-state index is 0.0192. The highest BCUT2D eigenvalue weighted by Crippen LogP contribution is 2.43. The summed E-state index contributed by atoms with van der Waals surface area (Å²) >= 11 is 0. The van der Waals surface area contributed by atoms with Gasteiger partial charge in [-0.3, -0.25) is 4.90 Å². The zero-order valence-corrected chi connectivity index (χ0v) is 18.4. The van der Waals surface area contributed by atoms with E-state index in [1.54, 1.807) is 24.3 Å². The average Bonchev–Trinajstić information content (AvgIpc) is 3.05. The first-order valence-electron chi connectivity index (χ1n) is 11.2. The minimum atomic E-state index is -0.374. The topological polar surface area (TPSA) is 15.7 Å². The molecule has 4 rings (SSSR count). The van der Waals surface area contributed by atoms with E-state index in [4.69, 9.17) is 4.74 Å². The molecule has 2 aliphatic heterocycles. The Morgan fingerprint density at radius 3 is 2.13 bits per heavy atom. The number of halogens is 2. The van der Waals surface area contributed by atoms with E-state index in [9.17, 15) is 8.78 Å². The van der Waals surface area contributed by atoms with Gasteiger partial charge >= 0.3 is 0 Å². The van der Waals surface area contributed by atoms with Gasteiger partial charge in [0, 0.05) is 31.1 Å². The van der Waals surface area contributed by atoms with Crippen LogP contribution in [0.2, 0.25) is 0 Å². The van der Waals surface area contributed by atoms with Crippen LogP contribution in [0.15, 0.2) is 61.2 Å².